The number of nitrogens with one attached hydrogen (secondary N) is 1. The van der Waals surface area contributed by atoms with Crippen molar-refractivity contribution in [1.82, 2.24) is 14.5 Å². The van der Waals surface area contributed by atoms with Crippen LogP contribution in [-0.4, -0.2) is 55.0 Å². The second-order valence-electron chi connectivity index (χ2n) is 7.16. The van der Waals surface area contributed by atoms with E-state index < -0.39 is 15.8 Å². The Balaban J connectivity index is 1.56. The summed E-state index contributed by atoms with van der Waals surface area (Å²) in [5, 5.41) is 4.20. The van der Waals surface area contributed by atoms with Gasteiger partial charge in [-0.2, -0.15) is 4.31 Å². The van der Waals surface area contributed by atoms with E-state index in [1.807, 2.05) is 4.90 Å². The van der Waals surface area contributed by atoms with Crippen molar-refractivity contribution in [2.75, 3.05) is 26.2 Å². The number of rotatable bonds is 3. The van der Waals surface area contributed by atoms with Crippen LogP contribution in [0.15, 0.2) is 29.2 Å². The minimum absolute atomic E-state index is 0.129. The lowest BCUT2D eigenvalue weighted by atomic mass is 9.86. The molecule has 2 atom stereocenters. The fourth-order valence-electron chi connectivity index (χ4n) is 3.67. The predicted molar refractivity (Wildman–Crippen MR) is 104 cm³/mol. The Bertz CT molecular complexity index is 731. The number of nitrogens with zero attached hydrogens (tertiary/aromatic N) is 2. The van der Waals surface area contributed by atoms with E-state index in [0.29, 0.717) is 38.1 Å². The summed E-state index contributed by atoms with van der Waals surface area (Å²) in [4.78, 5) is 2.18. The van der Waals surface area contributed by atoms with E-state index in [9.17, 15) is 12.8 Å². The van der Waals surface area contributed by atoms with Crippen LogP contribution < -0.4 is 5.32 Å². The number of hydrogen-bond donors (Lipinski definition) is 1. The molecule has 1 aromatic carbocycles. The smallest absolute Gasteiger partial charge is 0.243 e. The molecular formula is C18H26FN3O2S2. The number of benzene rings is 1. The summed E-state index contributed by atoms with van der Waals surface area (Å²) < 4.78 is 39.8. The van der Waals surface area contributed by atoms with Crippen LogP contribution in [-0.2, 0) is 10.0 Å². The molecule has 1 heterocycles. The van der Waals surface area contributed by atoms with Crippen molar-refractivity contribution in [2.24, 2.45) is 5.92 Å². The van der Waals surface area contributed by atoms with Gasteiger partial charge < -0.3 is 10.2 Å². The van der Waals surface area contributed by atoms with E-state index in [-0.39, 0.29) is 4.90 Å². The lowest BCUT2D eigenvalue weighted by Gasteiger charge is -2.38. The molecule has 5 nitrogen and oxygen atoms in total. The van der Waals surface area contributed by atoms with Gasteiger partial charge in [0.1, 0.15) is 5.82 Å². The van der Waals surface area contributed by atoms with Gasteiger partial charge >= 0.3 is 0 Å². The standard InChI is InChI=1S/C18H26FN3O2S2/c1-14-4-2-3-5-17(14)20-18(25)21-10-12-22(13-11-21)26(23,24)16-8-6-15(19)7-9-16/h6-9,14,17H,2-5,10-13H2,1H3,(H,20,25)/t14-,17+/m0/s1. The number of sulfonamides is 1. The Labute approximate surface area is 160 Å². The molecule has 3 rings (SSSR count). The van der Waals surface area contributed by atoms with Gasteiger partial charge in [0, 0.05) is 32.2 Å². The van der Waals surface area contributed by atoms with Crippen LogP contribution in [0, 0.1) is 11.7 Å². The zero-order valence-electron chi connectivity index (χ0n) is 15.0. The first-order valence-electron chi connectivity index (χ1n) is 9.19. The summed E-state index contributed by atoms with van der Waals surface area (Å²) >= 11 is 5.55. The van der Waals surface area contributed by atoms with Gasteiger partial charge in [-0.3, -0.25) is 0 Å². The van der Waals surface area contributed by atoms with Crippen molar-refractivity contribution >= 4 is 27.4 Å². The zero-order chi connectivity index (χ0) is 18.7. The van der Waals surface area contributed by atoms with Gasteiger partial charge in [-0.15, -0.1) is 0 Å². The predicted octanol–water partition coefficient (Wildman–Crippen LogP) is 2.59. The Morgan fingerprint density at radius 1 is 1.12 bits per heavy atom. The summed E-state index contributed by atoms with van der Waals surface area (Å²) in [5.41, 5.74) is 0. The van der Waals surface area contributed by atoms with E-state index in [0.717, 1.165) is 11.5 Å². The molecule has 1 N–H and O–H groups in total. The molecule has 0 amide bonds. The fraction of sp³-hybridized carbons (Fsp3) is 0.611. The van der Waals surface area contributed by atoms with Crippen LogP contribution in [0.3, 0.4) is 0 Å². The molecule has 0 aromatic heterocycles. The average molecular weight is 400 g/mol. The maximum absolute atomic E-state index is 13.0. The Morgan fingerprint density at radius 3 is 2.35 bits per heavy atom. The monoisotopic (exact) mass is 399 g/mol. The molecule has 26 heavy (non-hydrogen) atoms. The fourth-order valence-corrected chi connectivity index (χ4v) is 5.42. The van der Waals surface area contributed by atoms with Crippen LogP contribution in [0.25, 0.3) is 0 Å². The third-order valence-electron chi connectivity index (χ3n) is 5.40. The molecule has 1 aliphatic carbocycles. The molecule has 0 bridgehead atoms. The molecule has 2 fully saturated rings. The van der Waals surface area contributed by atoms with Crippen molar-refractivity contribution in [1.29, 1.82) is 0 Å². The third kappa shape index (κ3) is 4.35. The summed E-state index contributed by atoms with van der Waals surface area (Å²) in [6, 6.07) is 5.39. The second kappa shape index (κ2) is 8.19. The van der Waals surface area contributed by atoms with Gasteiger partial charge in [0.2, 0.25) is 10.0 Å². The van der Waals surface area contributed by atoms with Gasteiger partial charge in [0.15, 0.2) is 5.11 Å². The Hall–Kier alpha value is -1.25. The normalized spacial score (nSPS) is 25.1. The highest BCUT2D eigenvalue weighted by atomic mass is 32.2. The van der Waals surface area contributed by atoms with Crippen molar-refractivity contribution in [3.8, 4) is 0 Å². The number of hydrogen-bond acceptors (Lipinski definition) is 3. The van der Waals surface area contributed by atoms with Crippen molar-refractivity contribution in [2.45, 2.75) is 43.5 Å². The largest absolute Gasteiger partial charge is 0.360 e. The molecule has 2 aliphatic rings. The van der Waals surface area contributed by atoms with Gasteiger partial charge in [-0.05, 0) is 55.2 Å². The van der Waals surface area contributed by atoms with Crippen molar-refractivity contribution < 1.29 is 12.8 Å². The Kier molecular flexibility index (Phi) is 6.14. The van der Waals surface area contributed by atoms with E-state index in [1.54, 1.807) is 0 Å². The van der Waals surface area contributed by atoms with Crippen LogP contribution in [0.1, 0.15) is 32.6 Å². The Morgan fingerprint density at radius 2 is 1.73 bits per heavy atom. The maximum Gasteiger partial charge on any atom is 0.243 e. The second-order valence-corrected chi connectivity index (χ2v) is 9.49. The summed E-state index contributed by atoms with van der Waals surface area (Å²) in [6.45, 7) is 4.14. The van der Waals surface area contributed by atoms with E-state index >= 15 is 0 Å². The van der Waals surface area contributed by atoms with Gasteiger partial charge in [-0.25, -0.2) is 12.8 Å². The van der Waals surface area contributed by atoms with Gasteiger partial charge in [0.05, 0.1) is 4.90 Å². The zero-order valence-corrected chi connectivity index (χ0v) is 16.7. The molecule has 1 saturated carbocycles. The van der Waals surface area contributed by atoms with E-state index in [2.05, 4.69) is 12.2 Å². The highest BCUT2D eigenvalue weighted by Gasteiger charge is 2.30. The molecule has 0 radical (unpaired) electrons. The third-order valence-corrected chi connectivity index (χ3v) is 7.69. The first-order valence-corrected chi connectivity index (χ1v) is 11.0. The van der Waals surface area contributed by atoms with Crippen LogP contribution >= 0.6 is 12.2 Å². The molecule has 0 unspecified atom stereocenters. The number of halogens is 1. The van der Waals surface area contributed by atoms with Crippen LogP contribution in [0.5, 0.6) is 0 Å². The van der Waals surface area contributed by atoms with Gasteiger partial charge in [0.25, 0.3) is 0 Å². The summed E-state index contributed by atoms with van der Waals surface area (Å²) in [6.07, 6.45) is 4.88. The highest BCUT2D eigenvalue weighted by Crippen LogP contribution is 2.24. The quantitative estimate of drug-likeness (QED) is 0.792. The van der Waals surface area contributed by atoms with E-state index in [4.69, 9.17) is 12.2 Å². The van der Waals surface area contributed by atoms with Crippen LogP contribution in [0.4, 0.5) is 4.39 Å². The minimum Gasteiger partial charge on any atom is -0.360 e. The molecule has 1 aliphatic heterocycles. The SMILES string of the molecule is C[C@H]1CCCC[C@H]1NC(=S)N1CCN(S(=O)(=O)c2ccc(F)cc2)CC1. The van der Waals surface area contributed by atoms with Crippen LogP contribution in [0.2, 0.25) is 0 Å². The topological polar surface area (TPSA) is 52.6 Å². The molecular weight excluding hydrogens is 373 g/mol. The first-order chi connectivity index (χ1) is 12.4. The first kappa shape index (κ1) is 19.5. The summed E-state index contributed by atoms with van der Waals surface area (Å²) in [5.74, 6) is 0.170. The summed E-state index contributed by atoms with van der Waals surface area (Å²) in [7, 11) is -3.59. The molecule has 1 aromatic rings. The minimum atomic E-state index is -3.59. The van der Waals surface area contributed by atoms with Crippen molar-refractivity contribution in [3.63, 3.8) is 0 Å². The van der Waals surface area contributed by atoms with Crippen molar-refractivity contribution in [3.05, 3.63) is 30.1 Å². The molecule has 0 spiro atoms. The average Bonchev–Trinajstić information content (AvgIpc) is 2.64. The highest BCUT2D eigenvalue weighted by molar-refractivity contribution is 7.89. The molecule has 8 heteroatoms. The maximum atomic E-state index is 13.0. The molecule has 1 saturated heterocycles. The lowest BCUT2D eigenvalue weighted by Crippen LogP contribution is -2.55. The van der Waals surface area contributed by atoms with Gasteiger partial charge in [-0.1, -0.05) is 19.8 Å². The number of thiocarbonyl (C=S) groups is 1. The molecule has 144 valence electrons. The number of piperazine rings is 1. The lowest BCUT2D eigenvalue weighted by molar-refractivity contribution is 0.251. The van der Waals surface area contributed by atoms with E-state index in [1.165, 1.54) is 47.8 Å².